The number of hydrogen-bond donors (Lipinski definition) is 2. The summed E-state index contributed by atoms with van der Waals surface area (Å²) < 4.78 is 0. The Morgan fingerprint density at radius 3 is 3.00 bits per heavy atom. The number of rotatable bonds is 4. The number of anilines is 1. The molecule has 1 aromatic rings. The zero-order valence-corrected chi connectivity index (χ0v) is 10.2. The highest BCUT2D eigenvalue weighted by molar-refractivity contribution is 7.99. The van der Waals surface area contributed by atoms with E-state index in [1.54, 1.807) is 0 Å². The number of carboxylic acids is 1. The van der Waals surface area contributed by atoms with E-state index in [0.29, 0.717) is 11.1 Å². The molecule has 0 aromatic carbocycles. The number of aromatic nitrogens is 2. The minimum atomic E-state index is -1.04. The number of thioether (sulfide) groups is 1. The van der Waals surface area contributed by atoms with Gasteiger partial charge in [0, 0.05) is 24.2 Å². The minimum absolute atomic E-state index is 0.00619. The highest BCUT2D eigenvalue weighted by Crippen LogP contribution is 2.25. The summed E-state index contributed by atoms with van der Waals surface area (Å²) in [5.74, 6) is 0.515. The quantitative estimate of drug-likeness (QED) is 0.853. The van der Waals surface area contributed by atoms with Crippen LogP contribution in [0.1, 0.15) is 29.8 Å². The van der Waals surface area contributed by atoms with Crippen LogP contribution in [0.25, 0.3) is 0 Å². The first-order valence-electron chi connectivity index (χ1n) is 5.67. The first kappa shape index (κ1) is 12.2. The number of hydrogen-bond acceptors (Lipinski definition) is 5. The van der Waals surface area contributed by atoms with Crippen LogP contribution in [0.2, 0.25) is 0 Å². The Morgan fingerprint density at radius 2 is 2.29 bits per heavy atom. The zero-order valence-electron chi connectivity index (χ0n) is 9.43. The maximum absolute atomic E-state index is 10.9. The van der Waals surface area contributed by atoms with E-state index in [0.717, 1.165) is 6.54 Å². The molecule has 1 unspecified atom stereocenters. The van der Waals surface area contributed by atoms with Crippen LogP contribution in [-0.4, -0.2) is 38.6 Å². The average molecular weight is 253 g/mol. The van der Waals surface area contributed by atoms with Gasteiger partial charge in [0.2, 0.25) is 0 Å². The van der Waals surface area contributed by atoms with E-state index in [2.05, 4.69) is 15.3 Å². The van der Waals surface area contributed by atoms with Gasteiger partial charge < -0.3 is 10.4 Å². The van der Waals surface area contributed by atoms with Crippen LogP contribution in [0.15, 0.2) is 12.4 Å². The van der Waals surface area contributed by atoms with Crippen molar-refractivity contribution in [2.24, 2.45) is 0 Å². The molecule has 0 aliphatic carbocycles. The third-order valence-electron chi connectivity index (χ3n) is 2.67. The number of aromatic carboxylic acids is 1. The topological polar surface area (TPSA) is 75.1 Å². The molecule has 2 N–H and O–H groups in total. The second-order valence-electron chi connectivity index (χ2n) is 3.93. The molecule has 5 nitrogen and oxygen atoms in total. The number of nitrogens with one attached hydrogen (secondary N) is 1. The molecule has 2 rings (SSSR count). The molecule has 0 amide bonds. The molecule has 0 radical (unpaired) electrons. The van der Waals surface area contributed by atoms with Crippen LogP contribution in [0.3, 0.4) is 0 Å². The molecule has 92 valence electrons. The Kier molecular flexibility index (Phi) is 4.19. The summed E-state index contributed by atoms with van der Waals surface area (Å²) in [6.45, 7) is 0.754. The Balaban J connectivity index is 1.96. The first-order valence-corrected chi connectivity index (χ1v) is 6.72. The molecule has 0 saturated carbocycles. The Bertz CT molecular complexity index is 394. The standard InChI is InChI=1S/C11H15N3O2S/c15-11(16)9-10(13-5-4-12-9)14-7-8-3-1-2-6-17-8/h4-5,8H,1-3,6-7H2,(H,13,14)(H,15,16). The van der Waals surface area contributed by atoms with Gasteiger partial charge in [-0.05, 0) is 18.6 Å². The zero-order chi connectivity index (χ0) is 12.1. The summed E-state index contributed by atoms with van der Waals surface area (Å²) in [5, 5.41) is 12.6. The largest absolute Gasteiger partial charge is 0.476 e. The molecule has 1 aliphatic rings. The number of nitrogens with zero attached hydrogens (tertiary/aromatic N) is 2. The minimum Gasteiger partial charge on any atom is -0.476 e. The molecular formula is C11H15N3O2S. The van der Waals surface area contributed by atoms with Crippen molar-refractivity contribution in [2.75, 3.05) is 17.6 Å². The van der Waals surface area contributed by atoms with Crippen molar-refractivity contribution >= 4 is 23.5 Å². The number of carboxylic acid groups (broad SMARTS) is 1. The van der Waals surface area contributed by atoms with E-state index in [9.17, 15) is 4.79 Å². The van der Waals surface area contributed by atoms with E-state index in [1.807, 2.05) is 11.8 Å². The lowest BCUT2D eigenvalue weighted by Crippen LogP contribution is -2.22. The van der Waals surface area contributed by atoms with Gasteiger partial charge in [-0.2, -0.15) is 11.8 Å². The summed E-state index contributed by atoms with van der Waals surface area (Å²) in [6.07, 6.45) is 6.62. The SMILES string of the molecule is O=C(O)c1nccnc1NCC1CCCCS1. The van der Waals surface area contributed by atoms with Crippen molar-refractivity contribution < 1.29 is 9.90 Å². The predicted octanol–water partition coefficient (Wildman–Crippen LogP) is 1.87. The smallest absolute Gasteiger partial charge is 0.358 e. The molecule has 17 heavy (non-hydrogen) atoms. The van der Waals surface area contributed by atoms with Crippen LogP contribution in [0, 0.1) is 0 Å². The van der Waals surface area contributed by atoms with Crippen molar-refractivity contribution in [3.63, 3.8) is 0 Å². The molecule has 2 heterocycles. The van der Waals surface area contributed by atoms with E-state index in [4.69, 9.17) is 5.11 Å². The van der Waals surface area contributed by atoms with Gasteiger partial charge >= 0.3 is 5.97 Å². The van der Waals surface area contributed by atoms with Gasteiger partial charge in [0.05, 0.1) is 0 Å². The summed E-state index contributed by atoms with van der Waals surface area (Å²) in [5.41, 5.74) is -0.00619. The Morgan fingerprint density at radius 1 is 1.47 bits per heavy atom. The van der Waals surface area contributed by atoms with Gasteiger partial charge in [0.15, 0.2) is 11.5 Å². The fourth-order valence-electron chi connectivity index (χ4n) is 1.80. The second kappa shape index (κ2) is 5.86. The average Bonchev–Trinajstić information content (AvgIpc) is 2.38. The number of carbonyl (C=O) groups is 1. The molecule has 1 aliphatic heterocycles. The summed E-state index contributed by atoms with van der Waals surface area (Å²) in [4.78, 5) is 18.8. The van der Waals surface area contributed by atoms with E-state index < -0.39 is 5.97 Å². The molecule has 0 bridgehead atoms. The van der Waals surface area contributed by atoms with Crippen LogP contribution < -0.4 is 5.32 Å². The first-order chi connectivity index (χ1) is 8.27. The predicted molar refractivity (Wildman–Crippen MR) is 67.6 cm³/mol. The van der Waals surface area contributed by atoms with Crippen molar-refractivity contribution in [3.8, 4) is 0 Å². The van der Waals surface area contributed by atoms with Crippen molar-refractivity contribution in [3.05, 3.63) is 18.1 Å². The maximum atomic E-state index is 10.9. The lowest BCUT2D eigenvalue weighted by atomic mass is 10.2. The highest BCUT2D eigenvalue weighted by atomic mass is 32.2. The highest BCUT2D eigenvalue weighted by Gasteiger charge is 2.16. The third kappa shape index (κ3) is 3.33. The Labute approximate surface area is 104 Å². The van der Waals surface area contributed by atoms with Gasteiger partial charge in [-0.25, -0.2) is 14.8 Å². The second-order valence-corrected chi connectivity index (χ2v) is 5.34. The van der Waals surface area contributed by atoms with E-state index in [1.165, 1.54) is 37.4 Å². The van der Waals surface area contributed by atoms with Gasteiger partial charge in [0.1, 0.15) is 0 Å². The summed E-state index contributed by atoms with van der Waals surface area (Å²) >= 11 is 1.94. The van der Waals surface area contributed by atoms with Gasteiger partial charge in [-0.3, -0.25) is 0 Å². The normalized spacial score (nSPS) is 19.9. The maximum Gasteiger partial charge on any atom is 0.358 e. The van der Waals surface area contributed by atoms with Crippen molar-refractivity contribution in [1.82, 2.24) is 9.97 Å². The van der Waals surface area contributed by atoms with E-state index >= 15 is 0 Å². The van der Waals surface area contributed by atoms with Gasteiger partial charge in [0.25, 0.3) is 0 Å². The third-order valence-corrected chi connectivity index (χ3v) is 4.07. The fourth-order valence-corrected chi connectivity index (χ4v) is 3.04. The summed E-state index contributed by atoms with van der Waals surface area (Å²) in [6, 6.07) is 0. The Hall–Kier alpha value is -1.30. The van der Waals surface area contributed by atoms with Crippen LogP contribution in [-0.2, 0) is 0 Å². The molecule has 6 heteroatoms. The molecule has 1 saturated heterocycles. The fraction of sp³-hybridized carbons (Fsp3) is 0.545. The van der Waals surface area contributed by atoms with E-state index in [-0.39, 0.29) is 5.69 Å². The van der Waals surface area contributed by atoms with Gasteiger partial charge in [-0.15, -0.1) is 0 Å². The van der Waals surface area contributed by atoms with Crippen LogP contribution in [0.4, 0.5) is 5.82 Å². The van der Waals surface area contributed by atoms with Crippen LogP contribution in [0.5, 0.6) is 0 Å². The molecule has 1 aromatic heterocycles. The lowest BCUT2D eigenvalue weighted by Gasteiger charge is -2.21. The molecule has 1 atom stereocenters. The van der Waals surface area contributed by atoms with Gasteiger partial charge in [-0.1, -0.05) is 6.42 Å². The lowest BCUT2D eigenvalue weighted by molar-refractivity contribution is 0.0691. The molecule has 0 spiro atoms. The summed E-state index contributed by atoms with van der Waals surface area (Å²) in [7, 11) is 0. The van der Waals surface area contributed by atoms with Crippen molar-refractivity contribution in [1.29, 1.82) is 0 Å². The molecule has 1 fully saturated rings. The van der Waals surface area contributed by atoms with Crippen molar-refractivity contribution in [2.45, 2.75) is 24.5 Å². The molecular weight excluding hydrogens is 238 g/mol. The monoisotopic (exact) mass is 253 g/mol. The van der Waals surface area contributed by atoms with Crippen LogP contribution >= 0.6 is 11.8 Å².